The second-order valence-electron chi connectivity index (χ2n) is 2.27. The van der Waals surface area contributed by atoms with E-state index in [1.165, 1.54) is 9.13 Å². The number of thioether (sulfide) groups is 1. The van der Waals surface area contributed by atoms with Gasteiger partial charge in [0.2, 0.25) is 0 Å². The van der Waals surface area contributed by atoms with E-state index in [1.807, 2.05) is 6.92 Å². The summed E-state index contributed by atoms with van der Waals surface area (Å²) < 4.78 is 1.29. The maximum atomic E-state index is 2.98. The van der Waals surface area contributed by atoms with E-state index in [9.17, 15) is 0 Å². The third-order valence-corrected chi connectivity index (χ3v) is 2.80. The highest BCUT2D eigenvalue weighted by Crippen LogP contribution is 2.13. The molecule has 2 heteroatoms. The Morgan fingerprint density at radius 2 is 2.33 bits per heavy atom. The molecule has 1 rings (SSSR count). The first-order chi connectivity index (χ1) is 5.83. The van der Waals surface area contributed by atoms with Crippen molar-refractivity contribution in [2.75, 3.05) is 0 Å². The number of hydrogen-bond acceptors (Lipinski definition) is 1. The van der Waals surface area contributed by atoms with Crippen molar-refractivity contribution in [2.45, 2.75) is 12.7 Å². The molecule has 0 radical (unpaired) electrons. The molecular formula is C10H9IS. The Morgan fingerprint density at radius 3 is 3.00 bits per heavy atom. The molecule has 0 spiro atoms. The van der Waals surface area contributed by atoms with Gasteiger partial charge in [-0.2, -0.15) is 0 Å². The van der Waals surface area contributed by atoms with Crippen LogP contribution in [0.1, 0.15) is 12.5 Å². The van der Waals surface area contributed by atoms with Crippen molar-refractivity contribution in [1.82, 2.24) is 0 Å². The van der Waals surface area contributed by atoms with Crippen LogP contribution >= 0.6 is 34.4 Å². The molecule has 0 nitrogen and oxygen atoms in total. The second kappa shape index (κ2) is 5.50. The van der Waals surface area contributed by atoms with Crippen molar-refractivity contribution >= 4 is 34.4 Å². The van der Waals surface area contributed by atoms with Crippen LogP contribution in [0.3, 0.4) is 0 Å². The standard InChI is InChI=1S/C10H9IS/c1-2-6-12-8-9-4-3-5-10(11)7-9/h3-5,7H,8H2,1H3. The topological polar surface area (TPSA) is 0 Å². The normalized spacial score (nSPS) is 8.83. The van der Waals surface area contributed by atoms with Gasteiger partial charge in [0.15, 0.2) is 0 Å². The van der Waals surface area contributed by atoms with Gasteiger partial charge in [0, 0.05) is 9.32 Å². The summed E-state index contributed by atoms with van der Waals surface area (Å²) in [5.74, 6) is 3.85. The summed E-state index contributed by atoms with van der Waals surface area (Å²) in [7, 11) is 0. The van der Waals surface area contributed by atoms with Crippen molar-refractivity contribution in [3.05, 3.63) is 33.4 Å². The van der Waals surface area contributed by atoms with Gasteiger partial charge in [-0.15, -0.1) is 0 Å². The van der Waals surface area contributed by atoms with E-state index < -0.39 is 0 Å². The lowest BCUT2D eigenvalue weighted by molar-refractivity contribution is 1.41. The molecule has 0 atom stereocenters. The van der Waals surface area contributed by atoms with E-state index in [1.54, 1.807) is 11.8 Å². The Hall–Kier alpha value is -0.140. The summed E-state index contributed by atoms with van der Waals surface area (Å²) in [5.41, 5.74) is 1.34. The molecule has 0 unspecified atom stereocenters. The minimum atomic E-state index is 0.984. The Labute approximate surface area is 91.3 Å². The summed E-state index contributed by atoms with van der Waals surface area (Å²) in [6.45, 7) is 1.86. The van der Waals surface area contributed by atoms with Crippen molar-refractivity contribution in [2.24, 2.45) is 0 Å². The minimum Gasteiger partial charge on any atom is -0.0947 e. The average Bonchev–Trinajstić information content (AvgIpc) is 2.05. The van der Waals surface area contributed by atoms with E-state index in [4.69, 9.17) is 0 Å². The van der Waals surface area contributed by atoms with Crippen molar-refractivity contribution < 1.29 is 0 Å². The van der Waals surface area contributed by atoms with E-state index >= 15 is 0 Å². The van der Waals surface area contributed by atoms with Gasteiger partial charge in [0.25, 0.3) is 0 Å². The molecule has 0 bridgehead atoms. The van der Waals surface area contributed by atoms with Gasteiger partial charge in [0.05, 0.1) is 0 Å². The molecule has 0 aliphatic heterocycles. The van der Waals surface area contributed by atoms with Gasteiger partial charge < -0.3 is 0 Å². The van der Waals surface area contributed by atoms with Gasteiger partial charge in [-0.3, -0.25) is 0 Å². The molecule has 12 heavy (non-hydrogen) atoms. The van der Waals surface area contributed by atoms with Crippen LogP contribution in [0.2, 0.25) is 0 Å². The van der Waals surface area contributed by atoms with E-state index in [-0.39, 0.29) is 0 Å². The van der Waals surface area contributed by atoms with Crippen LogP contribution in [0, 0.1) is 14.7 Å². The Bertz CT molecular complexity index is 309. The zero-order valence-electron chi connectivity index (χ0n) is 6.80. The molecular weight excluding hydrogens is 279 g/mol. The second-order valence-corrected chi connectivity index (χ2v) is 4.30. The molecule has 0 heterocycles. The van der Waals surface area contributed by atoms with E-state index in [0.717, 1.165) is 5.75 Å². The van der Waals surface area contributed by atoms with Crippen molar-refractivity contribution in [3.8, 4) is 11.2 Å². The highest BCUT2D eigenvalue weighted by molar-refractivity contribution is 14.1. The summed E-state index contributed by atoms with van der Waals surface area (Å²) in [6, 6.07) is 8.49. The Balaban J connectivity index is 2.55. The number of benzene rings is 1. The van der Waals surface area contributed by atoms with Crippen molar-refractivity contribution in [3.63, 3.8) is 0 Å². The summed E-state index contributed by atoms with van der Waals surface area (Å²) in [5, 5.41) is 2.98. The molecule has 0 saturated heterocycles. The highest BCUT2D eigenvalue weighted by atomic mass is 127. The molecule has 0 saturated carbocycles. The Morgan fingerprint density at radius 1 is 1.50 bits per heavy atom. The van der Waals surface area contributed by atoms with Crippen LogP contribution in [0.25, 0.3) is 0 Å². The molecule has 1 aromatic carbocycles. The first-order valence-electron chi connectivity index (χ1n) is 3.61. The zero-order valence-corrected chi connectivity index (χ0v) is 9.78. The van der Waals surface area contributed by atoms with Crippen LogP contribution in [-0.4, -0.2) is 0 Å². The smallest absolute Gasteiger partial charge is 0.0308 e. The first kappa shape index (κ1) is 9.94. The molecule has 62 valence electrons. The third kappa shape index (κ3) is 3.51. The molecule has 1 aromatic rings. The van der Waals surface area contributed by atoms with Gasteiger partial charge >= 0.3 is 0 Å². The van der Waals surface area contributed by atoms with Gasteiger partial charge in [-0.25, -0.2) is 0 Å². The van der Waals surface area contributed by atoms with Gasteiger partial charge in [-0.1, -0.05) is 29.8 Å². The lowest BCUT2D eigenvalue weighted by atomic mass is 10.2. The van der Waals surface area contributed by atoms with Crippen LogP contribution in [0.4, 0.5) is 0 Å². The summed E-state index contributed by atoms with van der Waals surface area (Å²) in [4.78, 5) is 0. The predicted molar refractivity (Wildman–Crippen MR) is 63.9 cm³/mol. The maximum Gasteiger partial charge on any atom is 0.0308 e. The monoisotopic (exact) mass is 288 g/mol. The molecule has 0 aromatic heterocycles. The van der Waals surface area contributed by atoms with Crippen LogP contribution in [-0.2, 0) is 5.75 Å². The highest BCUT2D eigenvalue weighted by Gasteiger charge is 1.91. The molecule has 0 N–H and O–H groups in total. The zero-order chi connectivity index (χ0) is 8.81. The van der Waals surface area contributed by atoms with Gasteiger partial charge in [0.1, 0.15) is 0 Å². The molecule has 0 amide bonds. The third-order valence-electron chi connectivity index (χ3n) is 1.30. The fourth-order valence-electron chi connectivity index (χ4n) is 0.818. The fraction of sp³-hybridized carbons (Fsp3) is 0.200. The molecule has 0 fully saturated rings. The van der Waals surface area contributed by atoms with E-state index in [2.05, 4.69) is 58.0 Å². The van der Waals surface area contributed by atoms with Crippen LogP contribution in [0.5, 0.6) is 0 Å². The Kier molecular flexibility index (Phi) is 4.55. The SMILES string of the molecule is CC#CSCc1cccc(I)c1. The number of rotatable bonds is 2. The average molecular weight is 288 g/mol. The van der Waals surface area contributed by atoms with Crippen LogP contribution < -0.4 is 0 Å². The van der Waals surface area contributed by atoms with Crippen molar-refractivity contribution in [1.29, 1.82) is 0 Å². The first-order valence-corrected chi connectivity index (χ1v) is 5.67. The molecule has 0 aliphatic rings. The quantitative estimate of drug-likeness (QED) is 0.593. The largest absolute Gasteiger partial charge is 0.0947 e. The predicted octanol–water partition coefficient (Wildman–Crippen LogP) is 3.51. The fourth-order valence-corrected chi connectivity index (χ4v) is 1.99. The van der Waals surface area contributed by atoms with Crippen LogP contribution in [0.15, 0.2) is 24.3 Å². The van der Waals surface area contributed by atoms with Gasteiger partial charge in [-0.05, 0) is 52.5 Å². The number of halogens is 1. The number of hydrogen-bond donors (Lipinski definition) is 0. The lowest BCUT2D eigenvalue weighted by Crippen LogP contribution is -1.79. The van der Waals surface area contributed by atoms with E-state index in [0.29, 0.717) is 0 Å². The molecule has 0 aliphatic carbocycles. The summed E-state index contributed by atoms with van der Waals surface area (Å²) in [6.07, 6.45) is 0. The minimum absolute atomic E-state index is 0.984. The maximum absolute atomic E-state index is 2.98. The lowest BCUT2D eigenvalue weighted by Gasteiger charge is -1.96. The summed E-state index contributed by atoms with van der Waals surface area (Å²) >= 11 is 3.97.